The molecule has 103 heavy (non-hydrogen) atoms. The zero-order valence-electron chi connectivity index (χ0n) is 58.8. The summed E-state index contributed by atoms with van der Waals surface area (Å²) in [6.45, 7) is 7.36. The number of thioether (sulfide) groups is 2. The molecule has 27 heteroatoms. The minimum Gasteiger partial charge on any atom is -0.497 e. The van der Waals surface area contributed by atoms with Crippen LogP contribution in [0.1, 0.15) is 137 Å². The van der Waals surface area contributed by atoms with Crippen LogP contribution in [0.2, 0.25) is 0 Å². The maximum Gasteiger partial charge on any atom is 0.304 e. The van der Waals surface area contributed by atoms with E-state index >= 15 is 37.5 Å². The van der Waals surface area contributed by atoms with E-state index in [1.54, 1.807) is 87.6 Å². The molecule has 6 aromatic rings. The Labute approximate surface area is 606 Å². The van der Waals surface area contributed by atoms with Gasteiger partial charge in [0.05, 0.1) is 37.4 Å². The summed E-state index contributed by atoms with van der Waals surface area (Å²) in [4.78, 5) is 159. The van der Waals surface area contributed by atoms with E-state index in [1.807, 2.05) is 18.2 Å². The molecule has 23 nitrogen and oxygen atoms in total. The Kier molecular flexibility index (Phi) is 27.5. The molecule has 550 valence electrons. The van der Waals surface area contributed by atoms with Crippen LogP contribution in [0.3, 0.4) is 0 Å². The van der Waals surface area contributed by atoms with Crippen LogP contribution in [0.25, 0.3) is 16.5 Å². The fraction of sp³-hybridized carbons (Fsp3) is 0.461. The topological polar surface area (TPSA) is 346 Å². The molecule has 9 rings (SSSR count). The summed E-state index contributed by atoms with van der Waals surface area (Å²) in [7, 11) is 1.50. The molecular formula is C76H93F2N11O12S2. The second-order valence-corrected chi connectivity index (χ2v) is 30.2. The number of methoxy groups -OCH3 is 1. The molecule has 1 fully saturated rings. The number of hydrogen-bond acceptors (Lipinski definition) is 15. The van der Waals surface area contributed by atoms with Crippen molar-refractivity contribution in [3.8, 4) is 5.75 Å². The number of Topliss-reactive ketones (excluding diaryl/α,β-unsaturated/α-hetero) is 2. The highest BCUT2D eigenvalue weighted by Crippen LogP contribution is 2.35. The van der Waals surface area contributed by atoms with Gasteiger partial charge in [0.25, 0.3) is 0 Å². The Bertz CT molecular complexity index is 4070. The minimum absolute atomic E-state index is 0.0650. The molecule has 3 aliphatic rings. The quantitative estimate of drug-likeness (QED) is 0.0441. The lowest BCUT2D eigenvalue weighted by Gasteiger charge is -2.37. The van der Waals surface area contributed by atoms with Crippen LogP contribution in [-0.4, -0.2) is 157 Å². The third-order valence-electron chi connectivity index (χ3n) is 19.2. The monoisotopic (exact) mass is 1450 g/mol. The largest absolute Gasteiger partial charge is 0.497 e. The fourth-order valence-electron chi connectivity index (χ4n) is 13.4. The average Bonchev–Trinajstić information content (AvgIpc) is 1.67. The number of halogens is 2. The number of aromatic nitrogens is 3. The number of imidazole rings is 1. The van der Waals surface area contributed by atoms with Gasteiger partial charge >= 0.3 is 5.97 Å². The molecule has 4 heterocycles. The average molecular weight is 1450 g/mol. The Morgan fingerprint density at radius 2 is 1.40 bits per heavy atom. The third kappa shape index (κ3) is 21.5. The highest BCUT2D eigenvalue weighted by molar-refractivity contribution is 7.98. The van der Waals surface area contributed by atoms with E-state index < -0.39 is 131 Å². The summed E-state index contributed by atoms with van der Waals surface area (Å²) in [6.07, 6.45) is 6.30. The molecule has 8 atom stereocenters. The minimum atomic E-state index is -1.75. The number of nitrogens with two attached hydrogens (primary N) is 1. The molecule has 2 aliphatic heterocycles. The maximum atomic E-state index is 15.5. The van der Waals surface area contributed by atoms with Gasteiger partial charge in [-0.15, -0.1) is 0 Å². The van der Waals surface area contributed by atoms with Crippen molar-refractivity contribution in [2.75, 3.05) is 31.7 Å². The van der Waals surface area contributed by atoms with Crippen molar-refractivity contribution in [1.82, 2.24) is 51.8 Å². The van der Waals surface area contributed by atoms with Crippen molar-refractivity contribution < 1.29 is 66.6 Å². The van der Waals surface area contributed by atoms with Crippen LogP contribution in [-0.2, 0) is 85.1 Å². The summed E-state index contributed by atoms with van der Waals surface area (Å²) < 4.78 is 35.6. The van der Waals surface area contributed by atoms with Crippen LogP contribution < -0.4 is 42.4 Å². The first kappa shape index (κ1) is 77.9. The highest BCUT2D eigenvalue weighted by Gasteiger charge is 2.47. The van der Waals surface area contributed by atoms with Gasteiger partial charge in [0.2, 0.25) is 41.4 Å². The molecule has 0 unspecified atom stereocenters. The van der Waals surface area contributed by atoms with E-state index in [0.717, 1.165) is 16.7 Å². The van der Waals surface area contributed by atoms with Gasteiger partial charge in [-0.05, 0) is 151 Å². The predicted octanol–water partition coefficient (Wildman–Crippen LogP) is 7.67. The van der Waals surface area contributed by atoms with Crippen molar-refractivity contribution in [3.05, 3.63) is 160 Å². The second kappa shape index (κ2) is 36.3. The number of carboxylic acids is 1. The molecule has 4 aromatic carbocycles. The van der Waals surface area contributed by atoms with Gasteiger partial charge < -0.3 is 62.3 Å². The summed E-state index contributed by atoms with van der Waals surface area (Å²) in [5.74, 6) is -8.03. The number of allylic oxidation sites excluding steroid dienone is 1. The van der Waals surface area contributed by atoms with Crippen LogP contribution in [0, 0.1) is 23.0 Å². The molecule has 2 aromatic heterocycles. The van der Waals surface area contributed by atoms with Crippen molar-refractivity contribution in [1.29, 1.82) is 0 Å². The Hall–Kier alpha value is -9.21. The van der Waals surface area contributed by atoms with E-state index in [2.05, 4.69) is 52.9 Å². The van der Waals surface area contributed by atoms with E-state index in [-0.39, 0.29) is 57.3 Å². The standard InChI is InChI=1S/C76H93F2N11O12S2/c1-75(2,3)68-73(99)86-61(33-49-18-17-48-19-20-52(77)37-56(48)49)71(97)84-60(34-51-40-81-58-24-21-53(78)38-57(51)58)64(90)35-50(36-67(93)94)69(95)85-62(39-54-41-80-44-82-54)72(98)87-63(32-45-15-22-55(101-5)23-16-45)74(100)89-28-10-26-76(89,4)65(91)14-9-29-102-42-46-11-8-12-47(31-46)43-103-30-25-66(92)83-59(70(96)88-68)13-6-7-27-79/h8,11-12,15-16,18-24,31,37-38,40-41,44,50,59-63,68,81H,6-7,9-10,13-14,17,25-30,32-36,39,42-43,79H2,1-5H3,(H,80,82)(H,83,92)(H,84,97)(H,85,95)(H,86,99)(H,87,98)(H,88,96)(H,93,94)/t50-,59-,60-,61-,62-,63-,68-,76-/m1/s1. The van der Waals surface area contributed by atoms with Crippen molar-refractivity contribution >= 4 is 98.9 Å². The predicted molar refractivity (Wildman–Crippen MR) is 390 cm³/mol. The summed E-state index contributed by atoms with van der Waals surface area (Å²) in [5.41, 5.74) is 9.05. The van der Waals surface area contributed by atoms with Crippen LogP contribution in [0.4, 0.5) is 8.78 Å². The number of aromatic amines is 2. The number of ether oxygens (including phenoxy) is 1. The number of amides is 7. The second-order valence-electron chi connectivity index (χ2n) is 28.0. The number of nitrogens with zero attached hydrogens (tertiary/aromatic N) is 2. The first-order valence-electron chi connectivity index (χ1n) is 35.0. The smallest absolute Gasteiger partial charge is 0.304 e. The van der Waals surface area contributed by atoms with E-state index in [9.17, 15) is 24.3 Å². The third-order valence-corrected chi connectivity index (χ3v) is 21.3. The Balaban J connectivity index is 1.07. The van der Waals surface area contributed by atoms with E-state index in [1.165, 1.54) is 61.1 Å². The molecule has 11 N–H and O–H groups in total. The molecule has 0 spiro atoms. The van der Waals surface area contributed by atoms with Gasteiger partial charge in [-0.2, -0.15) is 23.5 Å². The number of unbranched alkanes of at least 4 members (excludes halogenated alkanes) is 1. The molecule has 1 aliphatic carbocycles. The van der Waals surface area contributed by atoms with Crippen LogP contribution in [0.15, 0.2) is 110 Å². The number of hydrogen-bond donors (Lipinski definition) is 10. The maximum absolute atomic E-state index is 15.5. The molecule has 1 saturated heterocycles. The number of carbonyl (C=O) groups is 10. The molecule has 0 saturated carbocycles. The van der Waals surface area contributed by atoms with Gasteiger partial charge in [0.15, 0.2) is 11.6 Å². The number of nitrogens with one attached hydrogen (secondary N) is 8. The Morgan fingerprint density at radius 3 is 2.10 bits per heavy atom. The lowest BCUT2D eigenvalue weighted by molar-refractivity contribution is -0.146. The number of fused-ring (bicyclic) bond motifs is 5. The lowest BCUT2D eigenvalue weighted by atomic mass is 9.85. The number of aliphatic carboxylic acids is 1. The lowest BCUT2D eigenvalue weighted by Crippen LogP contribution is -2.61. The number of carboxylic acid groups (broad SMARTS) is 1. The normalized spacial score (nSPS) is 23.3. The van der Waals surface area contributed by atoms with Gasteiger partial charge in [-0.25, -0.2) is 13.8 Å². The Morgan fingerprint density at radius 1 is 0.718 bits per heavy atom. The summed E-state index contributed by atoms with van der Waals surface area (Å²) in [5, 5.41) is 27.7. The molecule has 2 bridgehead atoms. The number of ketones is 2. The van der Waals surface area contributed by atoms with Crippen molar-refractivity contribution in [2.45, 2.75) is 177 Å². The molecule has 7 amide bonds. The van der Waals surface area contributed by atoms with Crippen molar-refractivity contribution in [2.24, 2.45) is 17.1 Å². The summed E-state index contributed by atoms with van der Waals surface area (Å²) >= 11 is 3.21. The zero-order chi connectivity index (χ0) is 74.0. The van der Waals surface area contributed by atoms with Gasteiger partial charge in [0, 0.05) is 97.7 Å². The van der Waals surface area contributed by atoms with Crippen molar-refractivity contribution in [3.63, 3.8) is 0 Å². The van der Waals surface area contributed by atoms with Crippen LogP contribution in [0.5, 0.6) is 5.75 Å². The number of benzene rings is 4. The van der Waals surface area contributed by atoms with Gasteiger partial charge in [-0.3, -0.25) is 47.9 Å². The first-order valence-corrected chi connectivity index (χ1v) is 37.3. The number of carbonyl (C=O) groups excluding carboxylic acids is 9. The fourth-order valence-corrected chi connectivity index (χ4v) is 15.2. The molecular weight excluding hydrogens is 1360 g/mol. The van der Waals surface area contributed by atoms with Gasteiger partial charge in [0.1, 0.15) is 47.6 Å². The van der Waals surface area contributed by atoms with Crippen LogP contribution >= 0.6 is 23.5 Å². The first-order chi connectivity index (χ1) is 49.3. The zero-order valence-corrected chi connectivity index (χ0v) is 60.4. The molecule has 0 radical (unpaired) electrons. The number of H-pyrrole nitrogens is 2. The number of rotatable bonds is 15. The highest BCUT2D eigenvalue weighted by atomic mass is 32.2. The van der Waals surface area contributed by atoms with E-state index in [4.69, 9.17) is 10.5 Å². The van der Waals surface area contributed by atoms with E-state index in [0.29, 0.717) is 113 Å². The van der Waals surface area contributed by atoms with Gasteiger partial charge in [-0.1, -0.05) is 69.3 Å². The summed E-state index contributed by atoms with van der Waals surface area (Å²) in [6, 6.07) is 14.5. The SMILES string of the molecule is COc1ccc(C[C@H]2NC(=O)[C@@H](Cc3cnc[nH]3)NC(=O)[C@@H](CC(=O)O)CC(=O)[C@@H](Cc3c[nH]c4ccc(F)cc34)NC(=O)[C@@H](CC3=CCc4ccc(F)cc43)NC(=O)[C@H](C(C)(C)C)NC(=O)[C@@H](CCCCN)NC(=O)CCSCc3cccc(c3)CSCCCC(=O)[C@@]3(C)CCCN3C2=O)cc1.